The minimum Gasteiger partial charge on any atom is -0.378 e. The van der Waals surface area contributed by atoms with E-state index in [0.29, 0.717) is 11.5 Å². The largest absolute Gasteiger partial charge is 0.378 e. The number of ether oxygens (including phenoxy) is 1. The van der Waals surface area contributed by atoms with Crippen LogP contribution in [-0.2, 0) is 4.74 Å². The summed E-state index contributed by atoms with van der Waals surface area (Å²) in [5.41, 5.74) is 0.544. The highest BCUT2D eigenvalue weighted by Crippen LogP contribution is 2.49. The Kier molecular flexibility index (Phi) is 3.20. The highest BCUT2D eigenvalue weighted by molar-refractivity contribution is 5.01. The summed E-state index contributed by atoms with van der Waals surface area (Å²) in [4.78, 5) is 2.85. The molecule has 0 aromatic carbocycles. The van der Waals surface area contributed by atoms with Gasteiger partial charge in [-0.2, -0.15) is 0 Å². The summed E-state index contributed by atoms with van der Waals surface area (Å²) in [6.07, 6.45) is 10.5. The average molecular weight is 237 g/mol. The summed E-state index contributed by atoms with van der Waals surface area (Å²) in [6.45, 7) is 6.64. The van der Waals surface area contributed by atoms with Crippen LogP contribution in [0, 0.1) is 5.41 Å². The minimum absolute atomic E-state index is 0.394. The van der Waals surface area contributed by atoms with Crippen LogP contribution in [0.4, 0.5) is 0 Å². The van der Waals surface area contributed by atoms with Crippen LogP contribution in [0.25, 0.3) is 0 Å². The Bertz CT molecular complexity index is 256. The zero-order chi connectivity index (χ0) is 11.9. The van der Waals surface area contributed by atoms with Gasteiger partial charge in [-0.3, -0.25) is 4.90 Å². The molecule has 2 atom stereocenters. The predicted octanol–water partition coefficient (Wildman–Crippen LogP) is 3.21. The van der Waals surface area contributed by atoms with Gasteiger partial charge in [-0.25, -0.2) is 0 Å². The SMILES string of the molecule is CC(C)OCC1(CN2C3CCCC2CC3)CC1. The van der Waals surface area contributed by atoms with Crippen molar-refractivity contribution < 1.29 is 4.74 Å². The van der Waals surface area contributed by atoms with Crippen molar-refractivity contribution in [1.29, 1.82) is 0 Å². The second kappa shape index (κ2) is 4.55. The Hall–Kier alpha value is -0.0800. The minimum atomic E-state index is 0.394. The number of nitrogens with zero attached hydrogens (tertiary/aromatic N) is 1. The van der Waals surface area contributed by atoms with E-state index >= 15 is 0 Å². The number of piperidine rings is 1. The number of fused-ring (bicyclic) bond motifs is 2. The smallest absolute Gasteiger partial charge is 0.0538 e. The summed E-state index contributed by atoms with van der Waals surface area (Å²) < 4.78 is 5.87. The Morgan fingerprint density at radius 3 is 2.29 bits per heavy atom. The maximum absolute atomic E-state index is 5.87. The first-order valence-electron chi connectivity index (χ1n) is 7.56. The van der Waals surface area contributed by atoms with Gasteiger partial charge in [-0.05, 0) is 52.4 Å². The average Bonchev–Trinajstić information content (AvgIpc) is 3.02. The van der Waals surface area contributed by atoms with E-state index in [1.807, 2.05) is 0 Å². The maximum Gasteiger partial charge on any atom is 0.0538 e. The lowest BCUT2D eigenvalue weighted by atomic mass is 9.99. The fourth-order valence-electron chi connectivity index (χ4n) is 3.74. The molecule has 17 heavy (non-hydrogen) atoms. The maximum atomic E-state index is 5.87. The normalized spacial score (nSPS) is 35.5. The summed E-state index contributed by atoms with van der Waals surface area (Å²) in [6, 6.07) is 1.84. The van der Waals surface area contributed by atoms with Crippen LogP contribution in [0.2, 0.25) is 0 Å². The zero-order valence-corrected chi connectivity index (χ0v) is 11.5. The molecule has 0 spiro atoms. The molecule has 3 rings (SSSR count). The molecule has 0 aromatic rings. The molecule has 2 heteroatoms. The summed E-state index contributed by atoms with van der Waals surface area (Å²) in [5.74, 6) is 0. The van der Waals surface area contributed by atoms with Gasteiger partial charge in [-0.1, -0.05) is 6.42 Å². The Morgan fingerprint density at radius 1 is 1.12 bits per heavy atom. The van der Waals surface area contributed by atoms with Crippen molar-refractivity contribution in [3.8, 4) is 0 Å². The quantitative estimate of drug-likeness (QED) is 0.728. The van der Waals surface area contributed by atoms with Crippen molar-refractivity contribution in [3.63, 3.8) is 0 Å². The molecule has 2 unspecified atom stereocenters. The van der Waals surface area contributed by atoms with Gasteiger partial charge < -0.3 is 4.74 Å². The highest BCUT2D eigenvalue weighted by Gasteiger charge is 2.48. The molecule has 2 aliphatic heterocycles. The van der Waals surface area contributed by atoms with Crippen LogP contribution in [0.1, 0.15) is 58.8 Å². The first kappa shape index (κ1) is 12.0. The van der Waals surface area contributed by atoms with E-state index in [-0.39, 0.29) is 0 Å². The third kappa shape index (κ3) is 2.53. The standard InChI is InChI=1S/C15H27NO/c1-12(2)17-11-15(8-9-15)10-16-13-4-3-5-14(16)7-6-13/h12-14H,3-11H2,1-2H3. The highest BCUT2D eigenvalue weighted by atomic mass is 16.5. The summed E-state index contributed by atoms with van der Waals surface area (Å²) in [5, 5.41) is 0. The van der Waals surface area contributed by atoms with Crippen molar-refractivity contribution in [3.05, 3.63) is 0 Å². The second-order valence-electron chi connectivity index (χ2n) is 6.85. The third-order valence-corrected chi connectivity index (χ3v) is 5.04. The third-order valence-electron chi connectivity index (χ3n) is 5.04. The van der Waals surface area contributed by atoms with Crippen LogP contribution in [0.5, 0.6) is 0 Å². The lowest BCUT2D eigenvalue weighted by Gasteiger charge is -2.37. The first-order chi connectivity index (χ1) is 8.19. The lowest BCUT2D eigenvalue weighted by molar-refractivity contribution is 0.0179. The molecular weight excluding hydrogens is 210 g/mol. The van der Waals surface area contributed by atoms with Gasteiger partial charge >= 0.3 is 0 Å². The first-order valence-corrected chi connectivity index (χ1v) is 7.56. The molecule has 2 nitrogen and oxygen atoms in total. The van der Waals surface area contributed by atoms with Crippen LogP contribution >= 0.6 is 0 Å². The van der Waals surface area contributed by atoms with E-state index in [1.165, 1.54) is 51.5 Å². The molecule has 2 heterocycles. The van der Waals surface area contributed by atoms with E-state index in [1.54, 1.807) is 0 Å². The van der Waals surface area contributed by atoms with Crippen LogP contribution < -0.4 is 0 Å². The Balaban J connectivity index is 1.56. The summed E-state index contributed by atoms with van der Waals surface area (Å²) >= 11 is 0. The van der Waals surface area contributed by atoms with Crippen molar-refractivity contribution in [2.24, 2.45) is 5.41 Å². The zero-order valence-electron chi connectivity index (χ0n) is 11.5. The Labute approximate surface area is 106 Å². The monoisotopic (exact) mass is 237 g/mol. The molecule has 1 saturated carbocycles. The molecule has 3 aliphatic rings. The number of hydrogen-bond donors (Lipinski definition) is 0. The van der Waals surface area contributed by atoms with Crippen LogP contribution in [-0.4, -0.2) is 36.2 Å². The van der Waals surface area contributed by atoms with Gasteiger partial charge in [-0.15, -0.1) is 0 Å². The molecule has 0 aromatic heterocycles. The molecule has 0 N–H and O–H groups in total. The fourth-order valence-corrected chi connectivity index (χ4v) is 3.74. The predicted molar refractivity (Wildman–Crippen MR) is 70.1 cm³/mol. The summed E-state index contributed by atoms with van der Waals surface area (Å²) in [7, 11) is 0. The fraction of sp³-hybridized carbons (Fsp3) is 1.00. The molecule has 2 saturated heterocycles. The van der Waals surface area contributed by atoms with Gasteiger partial charge in [0, 0.05) is 24.0 Å². The number of hydrogen-bond acceptors (Lipinski definition) is 2. The van der Waals surface area contributed by atoms with Gasteiger partial charge in [0.15, 0.2) is 0 Å². The number of rotatable bonds is 5. The van der Waals surface area contributed by atoms with Gasteiger partial charge in [0.05, 0.1) is 12.7 Å². The molecule has 0 radical (unpaired) electrons. The molecule has 98 valence electrons. The van der Waals surface area contributed by atoms with Gasteiger partial charge in [0.25, 0.3) is 0 Å². The van der Waals surface area contributed by atoms with E-state index in [0.717, 1.165) is 18.7 Å². The van der Waals surface area contributed by atoms with E-state index < -0.39 is 0 Å². The molecule has 1 aliphatic carbocycles. The lowest BCUT2D eigenvalue weighted by Crippen LogP contribution is -2.44. The van der Waals surface area contributed by atoms with Crippen molar-refractivity contribution >= 4 is 0 Å². The second-order valence-corrected chi connectivity index (χ2v) is 6.85. The molecule has 3 fully saturated rings. The van der Waals surface area contributed by atoms with Crippen molar-refractivity contribution in [1.82, 2.24) is 4.90 Å². The Morgan fingerprint density at radius 2 is 1.76 bits per heavy atom. The van der Waals surface area contributed by atoms with Crippen molar-refractivity contribution in [2.75, 3.05) is 13.2 Å². The topological polar surface area (TPSA) is 12.5 Å². The van der Waals surface area contributed by atoms with Crippen LogP contribution in [0.3, 0.4) is 0 Å². The van der Waals surface area contributed by atoms with Gasteiger partial charge in [0.2, 0.25) is 0 Å². The molecular formula is C15H27NO. The molecule has 2 bridgehead atoms. The molecule has 0 amide bonds. The van der Waals surface area contributed by atoms with E-state index in [9.17, 15) is 0 Å². The van der Waals surface area contributed by atoms with Crippen molar-refractivity contribution in [2.45, 2.75) is 77.0 Å². The van der Waals surface area contributed by atoms with E-state index in [4.69, 9.17) is 4.74 Å². The van der Waals surface area contributed by atoms with E-state index in [2.05, 4.69) is 18.7 Å². The van der Waals surface area contributed by atoms with Crippen LogP contribution in [0.15, 0.2) is 0 Å². The van der Waals surface area contributed by atoms with Gasteiger partial charge in [0.1, 0.15) is 0 Å².